The van der Waals surface area contributed by atoms with Crippen LogP contribution in [0.1, 0.15) is 13.3 Å². The summed E-state index contributed by atoms with van der Waals surface area (Å²) in [7, 11) is 0. The van der Waals surface area contributed by atoms with Gasteiger partial charge in [-0.05, 0) is 18.6 Å². The highest BCUT2D eigenvalue weighted by atomic mass is 35.6. The zero-order chi connectivity index (χ0) is 16.2. The van der Waals surface area contributed by atoms with E-state index in [4.69, 9.17) is 34.8 Å². The van der Waals surface area contributed by atoms with Crippen LogP contribution in [-0.2, 0) is 0 Å². The van der Waals surface area contributed by atoms with Gasteiger partial charge in [0, 0.05) is 6.54 Å². The van der Waals surface area contributed by atoms with Gasteiger partial charge in [-0.3, -0.25) is 0 Å². The number of nitrogens with zero attached hydrogens (tertiary/aromatic N) is 1. The number of rotatable bonds is 5. The zero-order valence-electron chi connectivity index (χ0n) is 11.6. The van der Waals surface area contributed by atoms with Crippen LogP contribution in [0.15, 0.2) is 28.6 Å². The largest absolute Gasteiger partial charge is 0.338 e. The van der Waals surface area contributed by atoms with E-state index in [1.807, 2.05) is 31.2 Å². The maximum absolute atomic E-state index is 11.8. The molecule has 0 aliphatic heterocycles. The Morgan fingerprint density at radius 3 is 2.77 bits per heavy atom. The van der Waals surface area contributed by atoms with E-state index in [1.54, 1.807) is 0 Å². The van der Waals surface area contributed by atoms with E-state index in [0.29, 0.717) is 6.54 Å². The predicted molar refractivity (Wildman–Crippen MR) is 96.4 cm³/mol. The molecule has 0 spiro atoms. The number of benzene rings is 1. The van der Waals surface area contributed by atoms with Gasteiger partial charge in [-0.25, -0.2) is 9.78 Å². The fourth-order valence-corrected chi connectivity index (χ4v) is 4.25. The van der Waals surface area contributed by atoms with Crippen molar-refractivity contribution in [3.63, 3.8) is 0 Å². The molecule has 9 heteroatoms. The van der Waals surface area contributed by atoms with E-state index in [2.05, 4.69) is 15.6 Å². The summed E-state index contributed by atoms with van der Waals surface area (Å²) in [6.45, 7) is 2.52. The average Bonchev–Trinajstić information content (AvgIpc) is 2.85. The number of thioether (sulfide) groups is 1. The molecule has 4 nitrogen and oxygen atoms in total. The predicted octanol–water partition coefficient (Wildman–Crippen LogP) is 4.79. The molecule has 1 unspecified atom stereocenters. The summed E-state index contributed by atoms with van der Waals surface area (Å²) in [5.74, 6) is 0. The Balaban J connectivity index is 2.10. The number of amides is 2. The SMILES string of the molecule is CCCNC(=O)NC(Sc1nc2ccccc2s1)C(Cl)(Cl)Cl. The molecule has 1 aromatic carbocycles. The van der Waals surface area contributed by atoms with Gasteiger partial charge in [-0.15, -0.1) is 11.3 Å². The Morgan fingerprint density at radius 2 is 2.14 bits per heavy atom. The first-order valence-corrected chi connectivity index (χ1v) is 9.36. The number of aromatic nitrogens is 1. The molecule has 0 radical (unpaired) electrons. The van der Waals surface area contributed by atoms with Gasteiger partial charge in [-0.1, -0.05) is 65.6 Å². The lowest BCUT2D eigenvalue weighted by atomic mass is 10.3. The highest BCUT2D eigenvalue weighted by Gasteiger charge is 2.35. The number of hydrogen-bond donors (Lipinski definition) is 2. The number of alkyl halides is 3. The van der Waals surface area contributed by atoms with Gasteiger partial charge in [-0.2, -0.15) is 0 Å². The van der Waals surface area contributed by atoms with Crippen LogP contribution < -0.4 is 10.6 Å². The van der Waals surface area contributed by atoms with E-state index >= 15 is 0 Å². The summed E-state index contributed by atoms with van der Waals surface area (Å²) in [6.07, 6.45) is 0.830. The number of urea groups is 1. The maximum Gasteiger partial charge on any atom is 0.315 e. The number of para-hydroxylation sites is 1. The molecular formula is C13H14Cl3N3OS2. The van der Waals surface area contributed by atoms with Gasteiger partial charge in [0.25, 0.3) is 0 Å². The zero-order valence-corrected chi connectivity index (χ0v) is 15.5. The number of hydrogen-bond acceptors (Lipinski definition) is 4. The Hall–Kier alpha value is -0.400. The summed E-state index contributed by atoms with van der Waals surface area (Å²) in [5.41, 5.74) is 0.883. The molecule has 22 heavy (non-hydrogen) atoms. The van der Waals surface area contributed by atoms with Crippen molar-refractivity contribution < 1.29 is 4.79 Å². The summed E-state index contributed by atoms with van der Waals surface area (Å²) in [4.78, 5) is 16.3. The highest BCUT2D eigenvalue weighted by Crippen LogP contribution is 2.41. The number of thiazole rings is 1. The number of fused-ring (bicyclic) bond motifs is 1. The third kappa shape index (κ3) is 5.06. The first-order valence-electron chi connectivity index (χ1n) is 6.53. The highest BCUT2D eigenvalue weighted by molar-refractivity contribution is 8.02. The first kappa shape index (κ1) is 17.9. The molecule has 2 aromatic rings. The van der Waals surface area contributed by atoms with E-state index in [-0.39, 0.29) is 6.03 Å². The lowest BCUT2D eigenvalue weighted by Gasteiger charge is -2.24. The van der Waals surface area contributed by atoms with Crippen molar-refractivity contribution in [2.24, 2.45) is 0 Å². The summed E-state index contributed by atoms with van der Waals surface area (Å²) in [6, 6.07) is 7.38. The van der Waals surface area contributed by atoms with Crippen molar-refractivity contribution in [2.45, 2.75) is 26.9 Å². The molecule has 0 saturated heterocycles. The average molecular weight is 399 g/mol. The molecule has 2 N–H and O–H groups in total. The fourth-order valence-electron chi connectivity index (χ4n) is 1.59. The van der Waals surface area contributed by atoms with Gasteiger partial charge in [0.1, 0.15) is 5.37 Å². The quantitative estimate of drug-likeness (QED) is 0.432. The minimum absolute atomic E-state index is 0.369. The number of nitrogens with one attached hydrogen (secondary N) is 2. The van der Waals surface area contributed by atoms with Gasteiger partial charge in [0.2, 0.25) is 3.79 Å². The smallest absolute Gasteiger partial charge is 0.315 e. The van der Waals surface area contributed by atoms with E-state index in [0.717, 1.165) is 21.0 Å². The van der Waals surface area contributed by atoms with Gasteiger partial charge < -0.3 is 10.6 Å². The van der Waals surface area contributed by atoms with Crippen molar-refractivity contribution in [1.29, 1.82) is 0 Å². The van der Waals surface area contributed by atoms with Crippen LogP contribution in [0, 0.1) is 0 Å². The van der Waals surface area contributed by atoms with E-state index in [9.17, 15) is 4.79 Å². The first-order chi connectivity index (χ1) is 10.4. The lowest BCUT2D eigenvalue weighted by molar-refractivity contribution is 0.240. The van der Waals surface area contributed by atoms with Crippen LogP contribution in [-0.4, -0.2) is 26.7 Å². The topological polar surface area (TPSA) is 54.0 Å². The van der Waals surface area contributed by atoms with Crippen LogP contribution in [0.5, 0.6) is 0 Å². The van der Waals surface area contributed by atoms with Crippen LogP contribution >= 0.6 is 57.9 Å². The minimum Gasteiger partial charge on any atom is -0.338 e. The van der Waals surface area contributed by atoms with Crippen LogP contribution in [0.2, 0.25) is 0 Å². The van der Waals surface area contributed by atoms with Gasteiger partial charge in [0.15, 0.2) is 4.34 Å². The molecule has 0 aliphatic rings. The molecule has 0 fully saturated rings. The van der Waals surface area contributed by atoms with E-state index in [1.165, 1.54) is 23.1 Å². The standard InChI is InChI=1S/C13H14Cl3N3OS2/c1-2-7-17-11(20)19-10(13(14,15)16)22-12-18-8-5-3-4-6-9(8)21-12/h3-6,10H,2,7H2,1H3,(H2,17,19,20). The lowest BCUT2D eigenvalue weighted by Crippen LogP contribution is -2.46. The van der Waals surface area contributed by atoms with Crippen LogP contribution in [0.3, 0.4) is 0 Å². The monoisotopic (exact) mass is 397 g/mol. The van der Waals surface area contributed by atoms with Gasteiger partial charge >= 0.3 is 6.03 Å². The molecular weight excluding hydrogens is 385 g/mol. The van der Waals surface area contributed by atoms with Gasteiger partial charge in [0.05, 0.1) is 10.2 Å². The third-order valence-electron chi connectivity index (χ3n) is 2.59. The van der Waals surface area contributed by atoms with Crippen molar-refractivity contribution in [3.05, 3.63) is 24.3 Å². The second-order valence-electron chi connectivity index (χ2n) is 4.39. The fraction of sp³-hybridized carbons (Fsp3) is 0.385. The minimum atomic E-state index is -1.65. The molecule has 2 rings (SSSR count). The molecule has 1 aromatic heterocycles. The Labute approximate surface area is 151 Å². The number of halogens is 3. The molecule has 1 atom stereocenters. The summed E-state index contributed by atoms with van der Waals surface area (Å²) >= 11 is 20.6. The molecule has 0 saturated carbocycles. The molecule has 120 valence electrons. The molecule has 0 bridgehead atoms. The second-order valence-corrected chi connectivity index (χ2v) is 9.14. The molecule has 1 heterocycles. The van der Waals surface area contributed by atoms with Crippen molar-refractivity contribution >= 4 is 74.1 Å². The van der Waals surface area contributed by atoms with Crippen LogP contribution in [0.25, 0.3) is 10.2 Å². The van der Waals surface area contributed by atoms with E-state index < -0.39 is 9.17 Å². The summed E-state index contributed by atoms with van der Waals surface area (Å²) in [5, 5.41) is 4.62. The third-order valence-corrected chi connectivity index (χ3v) is 6.00. The second kappa shape index (κ2) is 7.93. The maximum atomic E-state index is 11.8. The number of carbonyl (C=O) groups is 1. The molecule has 0 aliphatic carbocycles. The normalized spacial score (nSPS) is 13.1. The Morgan fingerprint density at radius 1 is 1.41 bits per heavy atom. The van der Waals surface area contributed by atoms with Crippen molar-refractivity contribution in [2.75, 3.05) is 6.54 Å². The van der Waals surface area contributed by atoms with Crippen molar-refractivity contribution in [1.82, 2.24) is 15.6 Å². The van der Waals surface area contributed by atoms with Crippen molar-refractivity contribution in [3.8, 4) is 0 Å². The number of carbonyl (C=O) groups excluding carboxylic acids is 1. The summed E-state index contributed by atoms with van der Waals surface area (Å²) < 4.78 is 0.128. The molecule has 2 amide bonds. The van der Waals surface area contributed by atoms with Crippen LogP contribution in [0.4, 0.5) is 4.79 Å². The Bertz CT molecular complexity index is 612. The Kier molecular flexibility index (Phi) is 6.46.